The fraction of sp³-hybridized carbons (Fsp3) is 0.0667. The van der Waals surface area contributed by atoms with E-state index in [0.29, 0.717) is 49.1 Å². The quantitative estimate of drug-likeness (QED) is 0.173. The maximum atomic E-state index is 13.1. The first-order valence-electron chi connectivity index (χ1n) is 12.0. The Bertz CT molecular complexity index is 1690. The molecule has 2 amide bonds. The Balaban J connectivity index is 1.28. The molecule has 9 heteroatoms. The Hall–Kier alpha value is -5.02. The molecule has 0 unspecified atom stereocenters. The van der Waals surface area contributed by atoms with E-state index in [4.69, 9.17) is 0 Å². The molecule has 0 spiro atoms. The Morgan fingerprint density at radius 2 is 1.56 bits per heavy atom. The minimum Gasteiger partial charge on any atom is -0.508 e. The molecule has 0 saturated heterocycles. The van der Waals surface area contributed by atoms with Crippen molar-refractivity contribution < 1.29 is 24.3 Å². The zero-order valence-corrected chi connectivity index (χ0v) is 21.8. The Morgan fingerprint density at radius 3 is 2.26 bits per heavy atom. The first-order valence-corrected chi connectivity index (χ1v) is 12.8. The Labute approximate surface area is 228 Å². The van der Waals surface area contributed by atoms with E-state index in [0.717, 1.165) is 16.9 Å². The summed E-state index contributed by atoms with van der Waals surface area (Å²) >= 11 is 1.12. The highest BCUT2D eigenvalue weighted by molar-refractivity contribution is 7.16. The number of anilines is 3. The number of rotatable bonds is 7. The van der Waals surface area contributed by atoms with Crippen LogP contribution in [0.25, 0.3) is 5.57 Å². The van der Waals surface area contributed by atoms with E-state index in [2.05, 4.69) is 16.0 Å². The molecular formula is C30H23N3O5S. The van der Waals surface area contributed by atoms with Crippen LogP contribution in [0.15, 0.2) is 79.0 Å². The largest absolute Gasteiger partial charge is 0.508 e. The maximum Gasteiger partial charge on any atom is 0.265 e. The predicted octanol–water partition coefficient (Wildman–Crippen LogP) is 5.85. The summed E-state index contributed by atoms with van der Waals surface area (Å²) in [5.74, 6) is -0.822. The fourth-order valence-corrected chi connectivity index (χ4v) is 4.84. The Morgan fingerprint density at radius 1 is 0.872 bits per heavy atom. The summed E-state index contributed by atoms with van der Waals surface area (Å²) in [6.45, 7) is 3.24. The number of carbonyl (C=O) groups is 4. The van der Waals surface area contributed by atoms with Crippen LogP contribution in [-0.2, 0) is 4.79 Å². The van der Waals surface area contributed by atoms with Crippen LogP contribution in [0, 0.1) is 6.92 Å². The van der Waals surface area contributed by atoms with Gasteiger partial charge < -0.3 is 21.1 Å². The number of thiophene rings is 1. The van der Waals surface area contributed by atoms with Crippen LogP contribution < -0.4 is 16.0 Å². The van der Waals surface area contributed by atoms with Gasteiger partial charge in [-0.05, 0) is 67.9 Å². The molecule has 0 radical (unpaired) electrons. The lowest BCUT2D eigenvalue weighted by Gasteiger charge is -2.07. The first-order chi connectivity index (χ1) is 18.7. The molecule has 1 aromatic heterocycles. The van der Waals surface area contributed by atoms with Gasteiger partial charge in [0.05, 0.1) is 15.3 Å². The lowest BCUT2D eigenvalue weighted by Crippen LogP contribution is -2.10. The molecule has 0 saturated carbocycles. The van der Waals surface area contributed by atoms with Crippen molar-refractivity contribution in [1.29, 1.82) is 0 Å². The third kappa shape index (κ3) is 5.34. The summed E-state index contributed by atoms with van der Waals surface area (Å²) in [6, 6.07) is 19.9. The first kappa shape index (κ1) is 25.6. The number of fused-ring (bicyclic) bond motifs is 1. The summed E-state index contributed by atoms with van der Waals surface area (Å²) < 4.78 is 0. The summed E-state index contributed by atoms with van der Waals surface area (Å²) in [7, 11) is 0. The van der Waals surface area contributed by atoms with Crippen molar-refractivity contribution in [3.05, 3.63) is 111 Å². The third-order valence-electron chi connectivity index (χ3n) is 6.24. The molecule has 39 heavy (non-hydrogen) atoms. The highest BCUT2D eigenvalue weighted by atomic mass is 32.1. The lowest BCUT2D eigenvalue weighted by molar-refractivity contribution is -0.110. The molecule has 0 fully saturated rings. The number of aryl methyl sites for hydroxylation is 1. The van der Waals surface area contributed by atoms with Gasteiger partial charge in [-0.15, -0.1) is 11.3 Å². The lowest BCUT2D eigenvalue weighted by atomic mass is 9.99. The standard InChI is InChI=1S/C30H23N3O5S/c1-16-3-7-21(14-25(16)35)31-15-23-22-10-6-19(13-24(22)33-29(23)37)28(36)18-4-8-20(9-5-18)32-30(38)27-12-11-26(39-27)17(2)34/h3-15,31,35H,1-2H3,(H,32,38)(H,33,37). The van der Waals surface area contributed by atoms with Crippen LogP contribution in [0.1, 0.15) is 53.3 Å². The molecular weight excluding hydrogens is 514 g/mol. The number of hydrogen-bond donors (Lipinski definition) is 4. The topological polar surface area (TPSA) is 125 Å². The third-order valence-corrected chi connectivity index (χ3v) is 7.42. The summed E-state index contributed by atoms with van der Waals surface area (Å²) in [5.41, 5.74) is 4.30. The van der Waals surface area contributed by atoms with E-state index in [9.17, 15) is 24.3 Å². The number of hydrogen-bond acceptors (Lipinski definition) is 7. The number of Topliss-reactive ketones (excluding diaryl/α,β-unsaturated/α-hetero) is 1. The van der Waals surface area contributed by atoms with Crippen LogP contribution in [0.3, 0.4) is 0 Å². The average Bonchev–Trinajstić information content (AvgIpc) is 3.54. The zero-order valence-electron chi connectivity index (χ0n) is 21.0. The predicted molar refractivity (Wildman–Crippen MR) is 152 cm³/mol. The number of aromatic hydroxyl groups is 1. The number of ketones is 2. The molecule has 2 heterocycles. The van der Waals surface area contributed by atoms with Crippen molar-refractivity contribution in [2.45, 2.75) is 13.8 Å². The summed E-state index contributed by atoms with van der Waals surface area (Å²) in [5, 5.41) is 18.5. The molecule has 1 aliphatic heterocycles. The highest BCUT2D eigenvalue weighted by Crippen LogP contribution is 2.33. The number of nitrogens with one attached hydrogen (secondary N) is 3. The van der Waals surface area contributed by atoms with Gasteiger partial charge in [0.1, 0.15) is 5.75 Å². The Kier molecular flexibility index (Phi) is 6.83. The minimum atomic E-state index is -0.335. The van der Waals surface area contributed by atoms with Crippen molar-refractivity contribution in [3.8, 4) is 5.75 Å². The molecule has 4 N–H and O–H groups in total. The van der Waals surface area contributed by atoms with Gasteiger partial charge in [-0.2, -0.15) is 0 Å². The van der Waals surface area contributed by atoms with Crippen molar-refractivity contribution >= 4 is 57.4 Å². The fourth-order valence-electron chi connectivity index (χ4n) is 4.05. The number of carbonyl (C=O) groups excluding carboxylic acids is 4. The number of phenolic OH excluding ortho intramolecular Hbond substituents is 1. The van der Waals surface area contributed by atoms with Gasteiger partial charge in [0.15, 0.2) is 11.6 Å². The van der Waals surface area contributed by atoms with Gasteiger partial charge in [0, 0.05) is 46.0 Å². The highest BCUT2D eigenvalue weighted by Gasteiger charge is 2.25. The van der Waals surface area contributed by atoms with Crippen LogP contribution in [0.4, 0.5) is 17.1 Å². The number of benzene rings is 3. The molecule has 8 nitrogen and oxygen atoms in total. The van der Waals surface area contributed by atoms with Gasteiger partial charge >= 0.3 is 0 Å². The molecule has 0 aliphatic carbocycles. The average molecular weight is 538 g/mol. The van der Waals surface area contributed by atoms with Crippen molar-refractivity contribution in [3.63, 3.8) is 0 Å². The second kappa shape index (κ2) is 10.4. The van der Waals surface area contributed by atoms with E-state index in [-0.39, 0.29) is 29.1 Å². The molecule has 0 atom stereocenters. The molecule has 1 aliphatic rings. The van der Waals surface area contributed by atoms with Gasteiger partial charge in [-0.1, -0.05) is 18.2 Å². The van der Waals surface area contributed by atoms with E-state index >= 15 is 0 Å². The van der Waals surface area contributed by atoms with Crippen LogP contribution >= 0.6 is 11.3 Å². The van der Waals surface area contributed by atoms with E-state index in [1.807, 2.05) is 0 Å². The molecule has 3 aromatic carbocycles. The summed E-state index contributed by atoms with van der Waals surface area (Å²) in [6.07, 6.45) is 1.57. The van der Waals surface area contributed by atoms with Crippen LogP contribution in [0.2, 0.25) is 0 Å². The normalized spacial score (nSPS) is 13.1. The second-order valence-corrected chi connectivity index (χ2v) is 10.1. The van der Waals surface area contributed by atoms with Gasteiger partial charge in [0.25, 0.3) is 11.8 Å². The van der Waals surface area contributed by atoms with E-state index in [1.165, 1.54) is 6.92 Å². The van der Waals surface area contributed by atoms with E-state index in [1.54, 1.807) is 85.9 Å². The number of amides is 2. The molecule has 194 valence electrons. The van der Waals surface area contributed by atoms with Crippen molar-refractivity contribution in [2.75, 3.05) is 16.0 Å². The van der Waals surface area contributed by atoms with Crippen molar-refractivity contribution in [2.24, 2.45) is 0 Å². The van der Waals surface area contributed by atoms with Crippen LogP contribution in [0.5, 0.6) is 5.75 Å². The van der Waals surface area contributed by atoms with Gasteiger partial charge in [-0.25, -0.2) is 0 Å². The van der Waals surface area contributed by atoms with Gasteiger partial charge in [0.2, 0.25) is 0 Å². The van der Waals surface area contributed by atoms with Crippen molar-refractivity contribution in [1.82, 2.24) is 0 Å². The molecule has 4 aromatic rings. The molecule has 0 bridgehead atoms. The molecule has 5 rings (SSSR count). The zero-order chi connectivity index (χ0) is 27.7. The maximum absolute atomic E-state index is 13.1. The number of phenols is 1. The minimum absolute atomic E-state index is 0.0969. The van der Waals surface area contributed by atoms with Gasteiger partial charge in [-0.3, -0.25) is 19.2 Å². The SMILES string of the molecule is CC(=O)c1ccc(C(=O)Nc2ccc(C(=O)c3ccc4c(c3)NC(=O)C4=CNc3ccc(C)c(O)c3)cc2)s1. The smallest absolute Gasteiger partial charge is 0.265 e. The van der Waals surface area contributed by atoms with Crippen LogP contribution in [-0.4, -0.2) is 28.5 Å². The van der Waals surface area contributed by atoms with E-state index < -0.39 is 0 Å². The monoisotopic (exact) mass is 537 g/mol. The second-order valence-electron chi connectivity index (χ2n) is 9.00. The summed E-state index contributed by atoms with van der Waals surface area (Å²) in [4.78, 5) is 50.6.